The second kappa shape index (κ2) is 9.62. The van der Waals surface area contributed by atoms with Crippen LogP contribution in [-0.4, -0.2) is 41.8 Å². The molecule has 0 aliphatic heterocycles. The topological polar surface area (TPSA) is 74.3 Å². The Balaban J connectivity index is 1.81. The maximum Gasteiger partial charge on any atom is 0.239 e. The van der Waals surface area contributed by atoms with Crippen molar-refractivity contribution in [2.45, 2.75) is 26.8 Å². The Bertz CT molecular complexity index is 808. The molecule has 0 radical (unpaired) electrons. The molecule has 27 heavy (non-hydrogen) atoms. The van der Waals surface area contributed by atoms with Gasteiger partial charge in [-0.1, -0.05) is 18.2 Å². The van der Waals surface area contributed by atoms with Crippen molar-refractivity contribution in [3.05, 3.63) is 57.7 Å². The van der Waals surface area contributed by atoms with Gasteiger partial charge >= 0.3 is 0 Å². The number of rotatable bonds is 7. The van der Waals surface area contributed by atoms with Crippen LogP contribution in [0.1, 0.15) is 29.7 Å². The molecule has 1 aromatic heterocycles. The number of benzene rings is 1. The summed E-state index contributed by atoms with van der Waals surface area (Å²) < 4.78 is 0.840. The van der Waals surface area contributed by atoms with Gasteiger partial charge in [0.25, 0.3) is 0 Å². The lowest BCUT2D eigenvalue weighted by atomic mass is 10.0. The normalized spacial score (nSPS) is 11.9. The lowest BCUT2D eigenvalue weighted by molar-refractivity contribution is -0.123. The Morgan fingerprint density at radius 3 is 2.44 bits per heavy atom. The third-order valence-corrected chi connectivity index (χ3v) is 4.70. The highest BCUT2D eigenvalue weighted by Crippen LogP contribution is 2.16. The summed E-state index contributed by atoms with van der Waals surface area (Å²) in [6.07, 6.45) is 1.61. The molecule has 1 atom stereocenters. The van der Waals surface area contributed by atoms with Gasteiger partial charge in [-0.05, 0) is 72.6 Å². The van der Waals surface area contributed by atoms with Crippen LogP contribution in [0.4, 0.5) is 5.82 Å². The van der Waals surface area contributed by atoms with E-state index in [-0.39, 0.29) is 30.9 Å². The van der Waals surface area contributed by atoms with Crippen molar-refractivity contribution >= 4 is 33.6 Å². The van der Waals surface area contributed by atoms with Crippen LogP contribution in [0.3, 0.4) is 0 Å². The van der Waals surface area contributed by atoms with Crippen molar-refractivity contribution in [1.29, 1.82) is 0 Å². The van der Waals surface area contributed by atoms with Gasteiger partial charge in [-0.15, -0.1) is 0 Å². The summed E-state index contributed by atoms with van der Waals surface area (Å²) >= 11 is 3.29. The highest BCUT2D eigenvalue weighted by Gasteiger charge is 2.14. The van der Waals surface area contributed by atoms with Crippen LogP contribution in [0.2, 0.25) is 0 Å². The SMILES string of the molecule is Cc1ccc(C(C)NC(=O)CN(C)CC(=O)Nc2ccc(Br)cn2)cc1C. The molecule has 1 aromatic carbocycles. The summed E-state index contributed by atoms with van der Waals surface area (Å²) in [5, 5.41) is 5.68. The van der Waals surface area contributed by atoms with Gasteiger partial charge in [0.2, 0.25) is 11.8 Å². The number of likely N-dealkylation sites (N-methyl/N-ethyl adjacent to an activating group) is 1. The van der Waals surface area contributed by atoms with E-state index in [1.165, 1.54) is 11.1 Å². The molecule has 2 N–H and O–H groups in total. The van der Waals surface area contributed by atoms with E-state index in [0.717, 1.165) is 10.0 Å². The molecule has 2 aromatic rings. The van der Waals surface area contributed by atoms with Crippen LogP contribution >= 0.6 is 15.9 Å². The number of pyridine rings is 1. The number of hydrogen-bond donors (Lipinski definition) is 2. The third-order valence-electron chi connectivity index (χ3n) is 4.23. The Kier molecular flexibility index (Phi) is 7.50. The predicted molar refractivity (Wildman–Crippen MR) is 111 cm³/mol. The zero-order chi connectivity index (χ0) is 20.0. The molecule has 0 aliphatic rings. The first kappa shape index (κ1) is 21.1. The molecule has 144 valence electrons. The van der Waals surface area contributed by atoms with Gasteiger partial charge in [0.05, 0.1) is 19.1 Å². The molecule has 2 amide bonds. The minimum Gasteiger partial charge on any atom is -0.348 e. The largest absolute Gasteiger partial charge is 0.348 e. The average Bonchev–Trinajstić information content (AvgIpc) is 2.58. The molecule has 0 saturated carbocycles. The van der Waals surface area contributed by atoms with Crippen molar-refractivity contribution in [2.75, 3.05) is 25.5 Å². The fourth-order valence-electron chi connectivity index (χ4n) is 2.58. The highest BCUT2D eigenvalue weighted by atomic mass is 79.9. The van der Waals surface area contributed by atoms with E-state index in [1.54, 1.807) is 30.3 Å². The maximum absolute atomic E-state index is 12.3. The zero-order valence-corrected chi connectivity index (χ0v) is 17.6. The predicted octanol–water partition coefficient (Wildman–Crippen LogP) is 3.21. The quantitative estimate of drug-likeness (QED) is 0.704. The third kappa shape index (κ3) is 6.77. The molecule has 1 unspecified atom stereocenters. The van der Waals surface area contributed by atoms with E-state index in [4.69, 9.17) is 0 Å². The molecule has 0 saturated heterocycles. The van der Waals surface area contributed by atoms with Gasteiger partial charge in [-0.3, -0.25) is 14.5 Å². The van der Waals surface area contributed by atoms with Gasteiger partial charge in [-0.2, -0.15) is 0 Å². The molecule has 2 rings (SSSR count). The van der Waals surface area contributed by atoms with Crippen molar-refractivity contribution in [2.24, 2.45) is 0 Å². The lowest BCUT2D eigenvalue weighted by Gasteiger charge is -2.19. The van der Waals surface area contributed by atoms with E-state index >= 15 is 0 Å². The van der Waals surface area contributed by atoms with Gasteiger partial charge in [0.15, 0.2) is 0 Å². The van der Waals surface area contributed by atoms with Crippen LogP contribution in [0.15, 0.2) is 41.0 Å². The average molecular weight is 433 g/mol. The minimum atomic E-state index is -0.220. The van der Waals surface area contributed by atoms with Crippen molar-refractivity contribution < 1.29 is 9.59 Å². The number of nitrogens with one attached hydrogen (secondary N) is 2. The number of halogens is 1. The molecular formula is C20H25BrN4O2. The van der Waals surface area contributed by atoms with Crippen LogP contribution in [0.5, 0.6) is 0 Å². The number of carbonyl (C=O) groups excluding carboxylic acids is 2. The Hall–Kier alpha value is -2.25. The molecular weight excluding hydrogens is 408 g/mol. The number of hydrogen-bond acceptors (Lipinski definition) is 4. The molecule has 7 heteroatoms. The zero-order valence-electron chi connectivity index (χ0n) is 16.0. The number of amides is 2. The second-order valence-corrected chi connectivity index (χ2v) is 7.63. The summed E-state index contributed by atoms with van der Waals surface area (Å²) in [5.74, 6) is 0.129. The fraction of sp³-hybridized carbons (Fsp3) is 0.350. The van der Waals surface area contributed by atoms with Gasteiger partial charge in [0, 0.05) is 10.7 Å². The van der Waals surface area contributed by atoms with Crippen molar-refractivity contribution in [3.63, 3.8) is 0 Å². The summed E-state index contributed by atoms with van der Waals surface area (Å²) in [4.78, 5) is 30.1. The van der Waals surface area contributed by atoms with Crippen LogP contribution in [0.25, 0.3) is 0 Å². The standard InChI is InChI=1S/C20H25BrN4O2/c1-13-5-6-16(9-14(13)2)15(3)23-19(26)11-25(4)12-20(27)24-18-8-7-17(21)10-22-18/h5-10,15H,11-12H2,1-4H3,(H,23,26)(H,22,24,27). The number of anilines is 1. The molecule has 0 aliphatic carbocycles. The van der Waals surface area contributed by atoms with E-state index in [1.807, 2.05) is 13.0 Å². The van der Waals surface area contributed by atoms with Gasteiger partial charge < -0.3 is 10.6 Å². The number of carbonyl (C=O) groups is 2. The summed E-state index contributed by atoms with van der Waals surface area (Å²) in [7, 11) is 1.73. The minimum absolute atomic E-state index is 0.0917. The smallest absolute Gasteiger partial charge is 0.239 e. The van der Waals surface area contributed by atoms with Crippen molar-refractivity contribution in [3.8, 4) is 0 Å². The van der Waals surface area contributed by atoms with Gasteiger partial charge in [0.1, 0.15) is 5.82 Å². The monoisotopic (exact) mass is 432 g/mol. The fourth-order valence-corrected chi connectivity index (χ4v) is 2.82. The molecule has 0 fully saturated rings. The number of nitrogens with zero attached hydrogens (tertiary/aromatic N) is 2. The Labute approximate surface area is 168 Å². The number of aryl methyl sites for hydroxylation is 2. The first-order valence-electron chi connectivity index (χ1n) is 8.71. The molecule has 1 heterocycles. The van der Waals surface area contributed by atoms with E-state index < -0.39 is 0 Å². The Morgan fingerprint density at radius 1 is 1.11 bits per heavy atom. The van der Waals surface area contributed by atoms with E-state index in [9.17, 15) is 9.59 Å². The van der Waals surface area contributed by atoms with Crippen molar-refractivity contribution in [1.82, 2.24) is 15.2 Å². The molecule has 6 nitrogen and oxygen atoms in total. The summed E-state index contributed by atoms with van der Waals surface area (Å²) in [6.45, 7) is 6.31. The summed E-state index contributed by atoms with van der Waals surface area (Å²) in [6, 6.07) is 9.58. The van der Waals surface area contributed by atoms with Crippen LogP contribution < -0.4 is 10.6 Å². The Morgan fingerprint density at radius 2 is 1.81 bits per heavy atom. The number of aromatic nitrogens is 1. The molecule has 0 bridgehead atoms. The first-order valence-corrected chi connectivity index (χ1v) is 9.50. The van der Waals surface area contributed by atoms with E-state index in [0.29, 0.717) is 5.82 Å². The van der Waals surface area contributed by atoms with Crippen LogP contribution in [0, 0.1) is 13.8 Å². The second-order valence-electron chi connectivity index (χ2n) is 6.72. The van der Waals surface area contributed by atoms with E-state index in [2.05, 4.69) is 57.5 Å². The summed E-state index contributed by atoms with van der Waals surface area (Å²) in [5.41, 5.74) is 3.49. The lowest BCUT2D eigenvalue weighted by Crippen LogP contribution is -2.39. The first-order chi connectivity index (χ1) is 12.7. The van der Waals surface area contributed by atoms with Crippen LogP contribution in [-0.2, 0) is 9.59 Å². The highest BCUT2D eigenvalue weighted by molar-refractivity contribution is 9.10. The molecule has 0 spiro atoms. The van der Waals surface area contributed by atoms with Gasteiger partial charge in [-0.25, -0.2) is 4.98 Å². The maximum atomic E-state index is 12.3.